The fourth-order valence-electron chi connectivity index (χ4n) is 2.25. The van der Waals surface area contributed by atoms with Crippen molar-refractivity contribution >= 4 is 0 Å². The summed E-state index contributed by atoms with van der Waals surface area (Å²) in [7, 11) is 0. The van der Waals surface area contributed by atoms with Crippen LogP contribution in [0.15, 0.2) is 18.2 Å². The zero-order chi connectivity index (χ0) is 12.3. The van der Waals surface area contributed by atoms with Gasteiger partial charge in [-0.2, -0.15) is 0 Å². The molecule has 17 heavy (non-hydrogen) atoms. The maximum atomic E-state index is 5.78. The molecule has 1 atom stereocenters. The molecular formula is C14H22N2O. The summed E-state index contributed by atoms with van der Waals surface area (Å²) in [6, 6.07) is 7.05. The van der Waals surface area contributed by atoms with E-state index < -0.39 is 0 Å². The van der Waals surface area contributed by atoms with Crippen LogP contribution >= 0.6 is 0 Å². The van der Waals surface area contributed by atoms with Crippen molar-refractivity contribution in [2.45, 2.75) is 26.4 Å². The fraction of sp³-hybridized carbons (Fsp3) is 0.571. The van der Waals surface area contributed by atoms with Crippen molar-refractivity contribution in [2.75, 3.05) is 26.3 Å². The van der Waals surface area contributed by atoms with Crippen molar-refractivity contribution in [3.63, 3.8) is 0 Å². The molecule has 0 bridgehead atoms. The van der Waals surface area contributed by atoms with Gasteiger partial charge in [0.25, 0.3) is 0 Å². The van der Waals surface area contributed by atoms with E-state index >= 15 is 0 Å². The molecule has 1 aromatic carbocycles. The van der Waals surface area contributed by atoms with Crippen LogP contribution in [0.3, 0.4) is 0 Å². The van der Waals surface area contributed by atoms with Crippen molar-refractivity contribution in [3.05, 3.63) is 34.9 Å². The topological polar surface area (TPSA) is 38.5 Å². The lowest BCUT2D eigenvalue weighted by molar-refractivity contribution is -0.00793. The SMILES string of the molecule is Cc1ccc(CN2CCOCC2CN)cc1C. The van der Waals surface area contributed by atoms with Gasteiger partial charge in [0, 0.05) is 25.7 Å². The van der Waals surface area contributed by atoms with Gasteiger partial charge in [-0.05, 0) is 30.5 Å². The summed E-state index contributed by atoms with van der Waals surface area (Å²) in [5.74, 6) is 0. The molecule has 94 valence electrons. The van der Waals surface area contributed by atoms with Gasteiger partial charge in [0.2, 0.25) is 0 Å². The van der Waals surface area contributed by atoms with Crippen LogP contribution in [0.5, 0.6) is 0 Å². The molecule has 1 saturated heterocycles. The molecule has 0 spiro atoms. The van der Waals surface area contributed by atoms with E-state index in [-0.39, 0.29) is 0 Å². The van der Waals surface area contributed by atoms with Crippen LogP contribution in [0.2, 0.25) is 0 Å². The van der Waals surface area contributed by atoms with Crippen LogP contribution in [0, 0.1) is 13.8 Å². The lowest BCUT2D eigenvalue weighted by Gasteiger charge is -2.34. The zero-order valence-electron chi connectivity index (χ0n) is 10.8. The Hall–Kier alpha value is -0.900. The summed E-state index contributed by atoms with van der Waals surface area (Å²) in [4.78, 5) is 2.42. The summed E-state index contributed by atoms with van der Waals surface area (Å²) in [5.41, 5.74) is 9.86. The Labute approximate surface area is 104 Å². The highest BCUT2D eigenvalue weighted by Crippen LogP contribution is 2.15. The minimum atomic E-state index is 0.366. The van der Waals surface area contributed by atoms with Crippen LogP contribution in [-0.4, -0.2) is 37.2 Å². The number of ether oxygens (including phenoxy) is 1. The average Bonchev–Trinajstić information content (AvgIpc) is 2.34. The number of benzene rings is 1. The van der Waals surface area contributed by atoms with Crippen LogP contribution in [0.4, 0.5) is 0 Å². The normalized spacial score (nSPS) is 21.7. The van der Waals surface area contributed by atoms with Crippen molar-refractivity contribution < 1.29 is 4.74 Å². The summed E-state index contributed by atoms with van der Waals surface area (Å²) >= 11 is 0. The standard InChI is InChI=1S/C14H22N2O/c1-11-3-4-13(7-12(11)2)9-16-5-6-17-10-14(16)8-15/h3-4,7,14H,5-6,8-10,15H2,1-2H3. The van der Waals surface area contributed by atoms with Gasteiger partial charge in [-0.15, -0.1) is 0 Å². The first-order valence-corrected chi connectivity index (χ1v) is 6.28. The lowest BCUT2D eigenvalue weighted by atomic mass is 10.1. The molecule has 0 amide bonds. The third-order valence-electron chi connectivity index (χ3n) is 3.58. The monoisotopic (exact) mass is 234 g/mol. The van der Waals surface area contributed by atoms with Gasteiger partial charge in [-0.25, -0.2) is 0 Å². The minimum Gasteiger partial charge on any atom is -0.378 e. The number of hydrogen-bond acceptors (Lipinski definition) is 3. The second kappa shape index (κ2) is 5.63. The Morgan fingerprint density at radius 1 is 1.35 bits per heavy atom. The van der Waals surface area contributed by atoms with Crippen LogP contribution in [0.25, 0.3) is 0 Å². The van der Waals surface area contributed by atoms with Gasteiger partial charge >= 0.3 is 0 Å². The zero-order valence-corrected chi connectivity index (χ0v) is 10.8. The van der Waals surface area contributed by atoms with Gasteiger partial charge in [0.1, 0.15) is 0 Å². The molecule has 0 saturated carbocycles. The molecule has 1 aromatic rings. The average molecular weight is 234 g/mol. The van der Waals surface area contributed by atoms with Gasteiger partial charge in [-0.1, -0.05) is 18.2 Å². The van der Waals surface area contributed by atoms with Crippen LogP contribution in [-0.2, 0) is 11.3 Å². The second-order valence-corrected chi connectivity index (χ2v) is 4.85. The predicted octanol–water partition coefficient (Wildman–Crippen LogP) is 1.46. The summed E-state index contributed by atoms with van der Waals surface area (Å²) < 4.78 is 5.46. The molecule has 1 fully saturated rings. The Morgan fingerprint density at radius 2 is 2.18 bits per heavy atom. The molecule has 0 radical (unpaired) electrons. The van der Waals surface area contributed by atoms with E-state index in [2.05, 4.69) is 36.9 Å². The van der Waals surface area contributed by atoms with Gasteiger partial charge in [-0.3, -0.25) is 4.90 Å². The van der Waals surface area contributed by atoms with Crippen molar-refractivity contribution in [1.29, 1.82) is 0 Å². The van der Waals surface area contributed by atoms with Gasteiger partial charge in [0.05, 0.1) is 13.2 Å². The fourth-order valence-corrected chi connectivity index (χ4v) is 2.25. The molecular weight excluding hydrogens is 212 g/mol. The molecule has 2 rings (SSSR count). The van der Waals surface area contributed by atoms with Gasteiger partial charge < -0.3 is 10.5 Å². The first kappa shape index (κ1) is 12.6. The summed E-state index contributed by atoms with van der Waals surface area (Å²) in [6.07, 6.45) is 0. The summed E-state index contributed by atoms with van der Waals surface area (Å²) in [6.45, 7) is 8.53. The van der Waals surface area contributed by atoms with E-state index in [1.54, 1.807) is 0 Å². The largest absolute Gasteiger partial charge is 0.378 e. The van der Waals surface area contributed by atoms with E-state index in [0.717, 1.165) is 26.3 Å². The number of aryl methyl sites for hydroxylation is 2. The Balaban J connectivity index is 2.05. The molecule has 2 N–H and O–H groups in total. The highest BCUT2D eigenvalue weighted by Gasteiger charge is 2.21. The maximum Gasteiger partial charge on any atom is 0.0634 e. The first-order valence-electron chi connectivity index (χ1n) is 6.28. The molecule has 1 aliphatic heterocycles. The lowest BCUT2D eigenvalue weighted by Crippen LogP contribution is -2.48. The number of nitrogens with zero attached hydrogens (tertiary/aromatic N) is 1. The third-order valence-corrected chi connectivity index (χ3v) is 3.58. The molecule has 1 aliphatic rings. The Bertz CT molecular complexity index is 378. The van der Waals surface area contributed by atoms with Crippen LogP contribution < -0.4 is 5.73 Å². The van der Waals surface area contributed by atoms with Crippen molar-refractivity contribution in [2.24, 2.45) is 5.73 Å². The molecule has 0 aliphatic carbocycles. The highest BCUT2D eigenvalue weighted by molar-refractivity contribution is 5.29. The minimum absolute atomic E-state index is 0.366. The number of rotatable bonds is 3. The number of nitrogens with two attached hydrogens (primary N) is 1. The van der Waals surface area contributed by atoms with Crippen molar-refractivity contribution in [3.8, 4) is 0 Å². The molecule has 3 nitrogen and oxygen atoms in total. The van der Waals surface area contributed by atoms with E-state index in [1.807, 2.05) is 0 Å². The van der Waals surface area contributed by atoms with E-state index in [0.29, 0.717) is 12.6 Å². The van der Waals surface area contributed by atoms with E-state index in [4.69, 9.17) is 10.5 Å². The van der Waals surface area contributed by atoms with E-state index in [1.165, 1.54) is 16.7 Å². The number of morpholine rings is 1. The Kier molecular flexibility index (Phi) is 4.15. The molecule has 1 unspecified atom stereocenters. The number of hydrogen-bond donors (Lipinski definition) is 1. The molecule has 0 aromatic heterocycles. The van der Waals surface area contributed by atoms with Crippen LogP contribution in [0.1, 0.15) is 16.7 Å². The second-order valence-electron chi connectivity index (χ2n) is 4.85. The first-order chi connectivity index (χ1) is 8.20. The third kappa shape index (κ3) is 3.06. The molecule has 3 heteroatoms. The smallest absolute Gasteiger partial charge is 0.0634 e. The maximum absolute atomic E-state index is 5.78. The quantitative estimate of drug-likeness (QED) is 0.860. The molecule has 1 heterocycles. The Morgan fingerprint density at radius 3 is 2.88 bits per heavy atom. The van der Waals surface area contributed by atoms with Crippen molar-refractivity contribution in [1.82, 2.24) is 4.90 Å². The predicted molar refractivity (Wildman–Crippen MR) is 70.0 cm³/mol. The summed E-state index contributed by atoms with van der Waals surface area (Å²) in [5, 5.41) is 0. The van der Waals surface area contributed by atoms with E-state index in [9.17, 15) is 0 Å². The highest BCUT2D eigenvalue weighted by atomic mass is 16.5. The van der Waals surface area contributed by atoms with Gasteiger partial charge in [0.15, 0.2) is 0 Å².